The summed E-state index contributed by atoms with van der Waals surface area (Å²) in [5.41, 5.74) is 4.97. The van der Waals surface area contributed by atoms with Gasteiger partial charge in [-0.2, -0.15) is 0 Å². The zero-order chi connectivity index (χ0) is 16.9. The molecule has 0 bridgehead atoms. The third-order valence-corrected chi connectivity index (χ3v) is 4.64. The van der Waals surface area contributed by atoms with Crippen LogP contribution < -0.4 is 5.32 Å². The molecule has 0 saturated carbocycles. The van der Waals surface area contributed by atoms with E-state index in [4.69, 9.17) is 0 Å². The van der Waals surface area contributed by atoms with Gasteiger partial charge in [-0.25, -0.2) is 0 Å². The first-order valence-electron chi connectivity index (χ1n) is 8.72. The minimum absolute atomic E-state index is 0.259. The average molecular weight is 323 g/mol. The second kappa shape index (κ2) is 7.23. The van der Waals surface area contributed by atoms with E-state index >= 15 is 0 Å². The van der Waals surface area contributed by atoms with Gasteiger partial charge >= 0.3 is 0 Å². The fourth-order valence-electron chi connectivity index (χ4n) is 3.32. The Morgan fingerprint density at radius 3 is 1.88 bits per heavy atom. The number of rotatable bonds is 4. The van der Waals surface area contributed by atoms with Crippen LogP contribution in [0.2, 0.25) is 0 Å². The Balaban J connectivity index is 1.53. The van der Waals surface area contributed by atoms with E-state index in [9.17, 15) is 0 Å². The third-order valence-electron chi connectivity index (χ3n) is 4.64. The quantitative estimate of drug-likeness (QED) is 0.617. The van der Waals surface area contributed by atoms with Gasteiger partial charge in [0.25, 0.3) is 0 Å². The molecule has 3 aromatic carbocycles. The van der Waals surface area contributed by atoms with Gasteiger partial charge in [0.15, 0.2) is 0 Å². The van der Waals surface area contributed by atoms with Gasteiger partial charge in [0.1, 0.15) is 0 Å². The molecule has 122 valence electrons. The van der Waals surface area contributed by atoms with Crippen molar-refractivity contribution in [3.8, 4) is 11.1 Å². The van der Waals surface area contributed by atoms with Gasteiger partial charge in [0.05, 0.1) is 6.04 Å². The van der Waals surface area contributed by atoms with Crippen molar-refractivity contribution in [2.75, 3.05) is 5.32 Å². The number of hydrogen-bond acceptors (Lipinski definition) is 1. The Kier molecular flexibility index (Phi) is 4.47. The Bertz CT molecular complexity index is 861. The van der Waals surface area contributed by atoms with Gasteiger partial charge < -0.3 is 5.32 Å². The highest BCUT2D eigenvalue weighted by atomic mass is 14.9. The van der Waals surface area contributed by atoms with E-state index in [2.05, 4.69) is 108 Å². The smallest absolute Gasteiger partial charge is 0.0550 e. The first-order chi connectivity index (χ1) is 12.4. The first kappa shape index (κ1) is 15.5. The first-order valence-corrected chi connectivity index (χ1v) is 8.72. The summed E-state index contributed by atoms with van der Waals surface area (Å²) in [5, 5.41) is 3.67. The van der Waals surface area contributed by atoms with Crippen LogP contribution in [0.1, 0.15) is 11.5 Å². The lowest BCUT2D eigenvalue weighted by atomic mass is 9.88. The average Bonchev–Trinajstić information content (AvgIpc) is 2.70. The maximum absolute atomic E-state index is 3.67. The minimum Gasteiger partial charge on any atom is -0.378 e. The van der Waals surface area contributed by atoms with Crippen LogP contribution in [0.4, 0.5) is 5.69 Å². The molecule has 0 spiro atoms. The highest BCUT2D eigenvalue weighted by molar-refractivity contribution is 5.66. The van der Waals surface area contributed by atoms with Crippen molar-refractivity contribution >= 4 is 5.69 Å². The normalized spacial score (nSPS) is 18.9. The molecule has 0 aromatic heterocycles. The Morgan fingerprint density at radius 1 is 0.560 bits per heavy atom. The largest absolute Gasteiger partial charge is 0.378 e. The summed E-state index contributed by atoms with van der Waals surface area (Å²) in [6.07, 6.45) is 8.76. The lowest BCUT2D eigenvalue weighted by Crippen LogP contribution is -2.25. The molecule has 2 unspecified atom stereocenters. The molecule has 1 N–H and O–H groups in total. The molecule has 25 heavy (non-hydrogen) atoms. The van der Waals surface area contributed by atoms with Crippen molar-refractivity contribution in [2.45, 2.75) is 12.0 Å². The fourth-order valence-corrected chi connectivity index (χ4v) is 3.32. The molecule has 2 atom stereocenters. The summed E-state index contributed by atoms with van der Waals surface area (Å²) in [4.78, 5) is 0. The lowest BCUT2D eigenvalue weighted by Gasteiger charge is -2.26. The third kappa shape index (κ3) is 3.56. The van der Waals surface area contributed by atoms with Crippen molar-refractivity contribution in [1.82, 2.24) is 0 Å². The number of allylic oxidation sites excluding steroid dienone is 2. The highest BCUT2D eigenvalue weighted by Gasteiger charge is 2.20. The van der Waals surface area contributed by atoms with Crippen LogP contribution >= 0.6 is 0 Å². The number of hydrogen-bond donors (Lipinski definition) is 1. The number of benzene rings is 3. The van der Waals surface area contributed by atoms with E-state index in [1.54, 1.807) is 0 Å². The zero-order valence-electron chi connectivity index (χ0n) is 14.0. The van der Waals surface area contributed by atoms with E-state index < -0.39 is 0 Å². The molecule has 3 aromatic rings. The van der Waals surface area contributed by atoms with Crippen molar-refractivity contribution in [3.05, 3.63) is 115 Å². The standard InChI is InChI=1S/C24H21N/c1-3-9-19(10-4-1)20-15-17-22(18-16-20)25-24-14-8-7-13-23(24)21-11-5-2-6-12-21/h1-18,23-25H. The van der Waals surface area contributed by atoms with E-state index in [1.807, 2.05) is 6.07 Å². The molecule has 1 aliphatic rings. The molecule has 0 saturated heterocycles. The summed E-state index contributed by atoms with van der Waals surface area (Å²) < 4.78 is 0. The van der Waals surface area contributed by atoms with Crippen LogP contribution in [-0.2, 0) is 0 Å². The predicted molar refractivity (Wildman–Crippen MR) is 107 cm³/mol. The molecule has 1 aliphatic carbocycles. The number of anilines is 1. The Labute approximate surface area is 149 Å². The van der Waals surface area contributed by atoms with E-state index in [-0.39, 0.29) is 6.04 Å². The topological polar surface area (TPSA) is 12.0 Å². The lowest BCUT2D eigenvalue weighted by molar-refractivity contribution is 0.756. The predicted octanol–water partition coefficient (Wildman–Crippen LogP) is 6.04. The van der Waals surface area contributed by atoms with Gasteiger partial charge in [0.2, 0.25) is 0 Å². The molecular weight excluding hydrogens is 302 g/mol. The molecule has 0 amide bonds. The summed E-state index contributed by atoms with van der Waals surface area (Å²) in [6, 6.07) is 30.1. The zero-order valence-corrected chi connectivity index (χ0v) is 14.0. The van der Waals surface area contributed by atoms with Crippen molar-refractivity contribution in [2.24, 2.45) is 0 Å². The summed E-state index contributed by atoms with van der Waals surface area (Å²) in [6.45, 7) is 0. The summed E-state index contributed by atoms with van der Waals surface area (Å²) >= 11 is 0. The van der Waals surface area contributed by atoms with Crippen molar-refractivity contribution in [3.63, 3.8) is 0 Å². The van der Waals surface area contributed by atoms with Crippen molar-refractivity contribution in [1.29, 1.82) is 0 Å². The van der Waals surface area contributed by atoms with Crippen LogP contribution in [0.3, 0.4) is 0 Å². The summed E-state index contributed by atoms with van der Waals surface area (Å²) in [7, 11) is 0. The maximum atomic E-state index is 3.67. The highest BCUT2D eigenvalue weighted by Crippen LogP contribution is 2.28. The van der Waals surface area contributed by atoms with Crippen LogP contribution in [0.5, 0.6) is 0 Å². The molecular formula is C24H21N. The Hall–Kier alpha value is -3.06. The van der Waals surface area contributed by atoms with Gasteiger partial charge in [-0.1, -0.05) is 97.1 Å². The van der Waals surface area contributed by atoms with Crippen LogP contribution in [0.25, 0.3) is 11.1 Å². The summed E-state index contributed by atoms with van der Waals surface area (Å²) in [5.74, 6) is 0.347. The minimum atomic E-state index is 0.259. The molecule has 1 nitrogen and oxygen atoms in total. The molecule has 4 rings (SSSR count). The second-order valence-electron chi connectivity index (χ2n) is 6.32. The van der Waals surface area contributed by atoms with E-state index in [0.29, 0.717) is 5.92 Å². The molecule has 1 heteroatoms. The van der Waals surface area contributed by atoms with Gasteiger partial charge in [-0.15, -0.1) is 0 Å². The van der Waals surface area contributed by atoms with Crippen LogP contribution in [0, 0.1) is 0 Å². The van der Waals surface area contributed by atoms with Crippen LogP contribution in [-0.4, -0.2) is 6.04 Å². The van der Waals surface area contributed by atoms with E-state index in [0.717, 1.165) is 5.69 Å². The van der Waals surface area contributed by atoms with Gasteiger partial charge in [-0.3, -0.25) is 0 Å². The van der Waals surface area contributed by atoms with Crippen LogP contribution in [0.15, 0.2) is 109 Å². The second-order valence-corrected chi connectivity index (χ2v) is 6.32. The molecule has 0 heterocycles. The molecule has 0 aliphatic heterocycles. The van der Waals surface area contributed by atoms with Gasteiger partial charge in [-0.05, 0) is 28.8 Å². The molecule has 0 fully saturated rings. The monoisotopic (exact) mass is 323 g/mol. The Morgan fingerprint density at radius 2 is 1.16 bits per heavy atom. The van der Waals surface area contributed by atoms with Gasteiger partial charge in [0, 0.05) is 11.6 Å². The molecule has 0 radical (unpaired) electrons. The van der Waals surface area contributed by atoms with Crippen molar-refractivity contribution < 1.29 is 0 Å². The maximum Gasteiger partial charge on any atom is 0.0550 e. The number of nitrogens with one attached hydrogen (secondary N) is 1. The van der Waals surface area contributed by atoms with E-state index in [1.165, 1.54) is 16.7 Å². The fraction of sp³-hybridized carbons (Fsp3) is 0.0833. The SMILES string of the molecule is C1=CC(Nc2ccc(-c3ccccc3)cc2)C(c2ccccc2)C=C1.